The van der Waals surface area contributed by atoms with Crippen molar-refractivity contribution in [2.45, 2.75) is 31.8 Å². The highest BCUT2D eigenvalue weighted by atomic mass is 16.5. The first-order valence-electron chi connectivity index (χ1n) is 6.77. The number of aliphatic hydroxyl groups excluding tert-OH is 1. The predicted octanol–water partition coefficient (Wildman–Crippen LogP) is 2.04. The van der Waals surface area contributed by atoms with Gasteiger partial charge in [-0.2, -0.15) is 0 Å². The van der Waals surface area contributed by atoms with Crippen LogP contribution in [0.1, 0.15) is 37.4 Å². The molecule has 1 unspecified atom stereocenters. The Morgan fingerprint density at radius 2 is 2.32 bits per heavy atom. The molecule has 0 spiro atoms. The number of amides is 1. The van der Waals surface area contributed by atoms with Gasteiger partial charge in [-0.1, -0.05) is 18.6 Å². The molecule has 0 saturated heterocycles. The number of hydrogen-bond acceptors (Lipinski definition) is 3. The quantitative estimate of drug-likeness (QED) is 0.825. The molecule has 2 N–H and O–H groups in total. The smallest absolute Gasteiger partial charge is 0.220 e. The van der Waals surface area contributed by atoms with E-state index < -0.39 is 6.10 Å². The molecule has 0 radical (unpaired) electrons. The van der Waals surface area contributed by atoms with Gasteiger partial charge in [0.15, 0.2) is 0 Å². The van der Waals surface area contributed by atoms with Crippen LogP contribution in [0.4, 0.5) is 0 Å². The number of hydrogen-bond donors (Lipinski definition) is 2. The molecule has 19 heavy (non-hydrogen) atoms. The van der Waals surface area contributed by atoms with Gasteiger partial charge in [0, 0.05) is 13.0 Å². The Labute approximate surface area is 113 Å². The first kappa shape index (κ1) is 13.9. The maximum absolute atomic E-state index is 11.7. The van der Waals surface area contributed by atoms with Crippen LogP contribution in [0.2, 0.25) is 0 Å². The highest BCUT2D eigenvalue weighted by Crippen LogP contribution is 2.29. The van der Waals surface area contributed by atoms with E-state index in [4.69, 9.17) is 4.74 Å². The third kappa shape index (κ3) is 3.96. The van der Waals surface area contributed by atoms with Gasteiger partial charge in [0.1, 0.15) is 5.75 Å². The van der Waals surface area contributed by atoms with Crippen LogP contribution in [0.25, 0.3) is 0 Å². The van der Waals surface area contributed by atoms with E-state index in [-0.39, 0.29) is 12.5 Å². The largest absolute Gasteiger partial charge is 0.497 e. The van der Waals surface area contributed by atoms with Crippen molar-refractivity contribution < 1.29 is 14.6 Å². The second-order valence-corrected chi connectivity index (χ2v) is 5.10. The standard InChI is InChI=1S/C15H21NO3/c1-19-13-7-3-6-12(9-13)14(17)10-16-15(18)8-11-4-2-5-11/h3,6-7,9,11,14,17H,2,4-5,8,10H2,1H3,(H,16,18). The van der Waals surface area contributed by atoms with Gasteiger partial charge >= 0.3 is 0 Å². The van der Waals surface area contributed by atoms with Gasteiger partial charge in [-0.3, -0.25) is 4.79 Å². The van der Waals surface area contributed by atoms with Crippen LogP contribution >= 0.6 is 0 Å². The highest BCUT2D eigenvalue weighted by Gasteiger charge is 2.20. The van der Waals surface area contributed by atoms with Crippen LogP contribution < -0.4 is 10.1 Å². The summed E-state index contributed by atoms with van der Waals surface area (Å²) in [6.07, 6.45) is 3.45. The van der Waals surface area contributed by atoms with Gasteiger partial charge in [0.25, 0.3) is 0 Å². The van der Waals surface area contributed by atoms with Crippen LogP contribution in [0.15, 0.2) is 24.3 Å². The summed E-state index contributed by atoms with van der Waals surface area (Å²) in [4.78, 5) is 11.7. The summed E-state index contributed by atoms with van der Waals surface area (Å²) < 4.78 is 5.11. The molecule has 104 valence electrons. The third-order valence-corrected chi connectivity index (χ3v) is 3.67. The summed E-state index contributed by atoms with van der Waals surface area (Å²) in [7, 11) is 1.59. The fourth-order valence-electron chi connectivity index (χ4n) is 2.21. The fourth-order valence-corrected chi connectivity index (χ4v) is 2.21. The van der Waals surface area contributed by atoms with E-state index in [1.807, 2.05) is 18.2 Å². The van der Waals surface area contributed by atoms with Gasteiger partial charge in [0.05, 0.1) is 13.2 Å². The molecule has 0 aliphatic heterocycles. The Bertz CT molecular complexity index is 429. The minimum absolute atomic E-state index is 0.0339. The van der Waals surface area contributed by atoms with Gasteiger partial charge in [-0.05, 0) is 36.5 Å². The number of rotatable bonds is 6. The Morgan fingerprint density at radius 3 is 2.95 bits per heavy atom. The number of benzene rings is 1. The zero-order valence-electron chi connectivity index (χ0n) is 11.3. The number of aliphatic hydroxyl groups is 1. The van der Waals surface area contributed by atoms with E-state index in [0.717, 1.165) is 18.4 Å². The van der Waals surface area contributed by atoms with Crippen LogP contribution in [-0.2, 0) is 4.79 Å². The van der Waals surface area contributed by atoms with Crippen molar-refractivity contribution in [3.8, 4) is 5.75 Å². The second kappa shape index (κ2) is 6.57. The molecule has 4 nitrogen and oxygen atoms in total. The molecule has 2 rings (SSSR count). The zero-order valence-corrected chi connectivity index (χ0v) is 11.3. The molecule has 1 saturated carbocycles. The van der Waals surface area contributed by atoms with Gasteiger partial charge in [-0.25, -0.2) is 0 Å². The van der Waals surface area contributed by atoms with E-state index in [2.05, 4.69) is 5.32 Å². The lowest BCUT2D eigenvalue weighted by Gasteiger charge is -2.24. The minimum atomic E-state index is -0.694. The lowest BCUT2D eigenvalue weighted by Crippen LogP contribution is -2.31. The molecular weight excluding hydrogens is 242 g/mol. The van der Waals surface area contributed by atoms with E-state index in [1.165, 1.54) is 6.42 Å². The Hall–Kier alpha value is -1.55. The second-order valence-electron chi connectivity index (χ2n) is 5.10. The topological polar surface area (TPSA) is 58.6 Å². The molecule has 1 atom stereocenters. The van der Waals surface area contributed by atoms with Gasteiger partial charge in [-0.15, -0.1) is 0 Å². The van der Waals surface area contributed by atoms with Crippen molar-refractivity contribution in [3.05, 3.63) is 29.8 Å². The van der Waals surface area contributed by atoms with E-state index >= 15 is 0 Å². The Kier molecular flexibility index (Phi) is 4.80. The molecule has 1 fully saturated rings. The molecule has 1 aromatic rings. The van der Waals surface area contributed by atoms with Crippen molar-refractivity contribution >= 4 is 5.91 Å². The van der Waals surface area contributed by atoms with Crippen molar-refractivity contribution in [2.24, 2.45) is 5.92 Å². The minimum Gasteiger partial charge on any atom is -0.497 e. The van der Waals surface area contributed by atoms with Gasteiger partial charge < -0.3 is 15.2 Å². The first-order chi connectivity index (χ1) is 9.19. The SMILES string of the molecule is COc1cccc(C(O)CNC(=O)CC2CCC2)c1. The highest BCUT2D eigenvalue weighted by molar-refractivity contribution is 5.76. The molecule has 0 heterocycles. The molecular formula is C15H21NO3. The molecule has 1 amide bonds. The number of methoxy groups -OCH3 is 1. The number of carbonyl (C=O) groups excluding carboxylic acids is 1. The van der Waals surface area contributed by atoms with Crippen LogP contribution in [0, 0.1) is 5.92 Å². The summed E-state index contributed by atoms with van der Waals surface area (Å²) >= 11 is 0. The normalized spacial score (nSPS) is 16.5. The van der Waals surface area contributed by atoms with E-state index in [1.54, 1.807) is 13.2 Å². The van der Waals surface area contributed by atoms with Crippen molar-refractivity contribution in [1.29, 1.82) is 0 Å². The number of ether oxygens (including phenoxy) is 1. The molecule has 1 aliphatic carbocycles. The average molecular weight is 263 g/mol. The van der Waals surface area contributed by atoms with E-state index in [0.29, 0.717) is 18.1 Å². The maximum Gasteiger partial charge on any atom is 0.220 e. The molecule has 0 bridgehead atoms. The fraction of sp³-hybridized carbons (Fsp3) is 0.533. The number of nitrogens with one attached hydrogen (secondary N) is 1. The van der Waals surface area contributed by atoms with Crippen LogP contribution in [-0.4, -0.2) is 24.7 Å². The molecule has 4 heteroatoms. The van der Waals surface area contributed by atoms with Crippen molar-refractivity contribution in [3.63, 3.8) is 0 Å². The summed E-state index contributed by atoms with van der Waals surface area (Å²) in [6.45, 7) is 0.249. The summed E-state index contributed by atoms with van der Waals surface area (Å²) in [5.74, 6) is 1.29. The summed E-state index contributed by atoms with van der Waals surface area (Å²) in [5.41, 5.74) is 0.753. The summed E-state index contributed by atoms with van der Waals surface area (Å²) in [5, 5.41) is 12.8. The lowest BCUT2D eigenvalue weighted by molar-refractivity contribution is -0.123. The lowest BCUT2D eigenvalue weighted by atomic mass is 9.83. The Balaban J connectivity index is 1.79. The zero-order chi connectivity index (χ0) is 13.7. The third-order valence-electron chi connectivity index (χ3n) is 3.67. The van der Waals surface area contributed by atoms with Crippen LogP contribution in [0.5, 0.6) is 5.75 Å². The van der Waals surface area contributed by atoms with Gasteiger partial charge in [0.2, 0.25) is 5.91 Å². The van der Waals surface area contributed by atoms with Crippen molar-refractivity contribution in [1.82, 2.24) is 5.32 Å². The van der Waals surface area contributed by atoms with E-state index in [9.17, 15) is 9.90 Å². The summed E-state index contributed by atoms with van der Waals surface area (Å²) in [6, 6.07) is 7.26. The average Bonchev–Trinajstić information content (AvgIpc) is 2.40. The maximum atomic E-state index is 11.7. The van der Waals surface area contributed by atoms with Crippen LogP contribution in [0.3, 0.4) is 0 Å². The molecule has 1 aromatic carbocycles. The van der Waals surface area contributed by atoms with Crippen molar-refractivity contribution in [2.75, 3.05) is 13.7 Å². The monoisotopic (exact) mass is 263 g/mol. The Morgan fingerprint density at radius 1 is 1.53 bits per heavy atom. The number of carbonyl (C=O) groups is 1. The first-order valence-corrected chi connectivity index (χ1v) is 6.77. The molecule has 0 aromatic heterocycles. The molecule has 1 aliphatic rings. The predicted molar refractivity (Wildman–Crippen MR) is 72.9 cm³/mol.